The van der Waals surface area contributed by atoms with Crippen LogP contribution in [0.5, 0.6) is 0 Å². The summed E-state index contributed by atoms with van der Waals surface area (Å²) < 4.78 is 1.19. The van der Waals surface area contributed by atoms with Crippen molar-refractivity contribution in [2.45, 2.75) is 24.1 Å². The van der Waals surface area contributed by atoms with Gasteiger partial charge < -0.3 is 0 Å². The molecule has 0 amide bonds. The highest BCUT2D eigenvalue weighted by atomic mass is 79.9. The molecule has 1 saturated carbocycles. The first-order chi connectivity index (χ1) is 8.27. The Morgan fingerprint density at radius 1 is 1.00 bits per heavy atom. The van der Waals surface area contributed by atoms with Crippen molar-refractivity contribution in [3.8, 4) is 0 Å². The van der Waals surface area contributed by atoms with Gasteiger partial charge in [-0.05, 0) is 41.2 Å². The molecule has 1 unspecified atom stereocenters. The fourth-order valence-corrected chi connectivity index (χ4v) is 3.92. The van der Waals surface area contributed by atoms with Gasteiger partial charge in [-0.3, -0.25) is 0 Å². The van der Waals surface area contributed by atoms with Gasteiger partial charge in [0, 0.05) is 9.30 Å². The lowest BCUT2D eigenvalue weighted by atomic mass is 9.80. The van der Waals surface area contributed by atoms with E-state index in [1.165, 1.54) is 40.1 Å². The zero-order valence-corrected chi connectivity index (χ0v) is 12.7. The fourth-order valence-electron chi connectivity index (χ4n) is 2.51. The van der Waals surface area contributed by atoms with Crippen LogP contribution in [0.1, 0.15) is 29.7 Å². The highest BCUT2D eigenvalue weighted by Crippen LogP contribution is 2.45. The first-order valence-electron chi connectivity index (χ1n) is 6.08. The molecule has 0 heterocycles. The van der Waals surface area contributed by atoms with Gasteiger partial charge in [0.25, 0.3) is 0 Å². The maximum Gasteiger partial charge on any atom is 0.0429 e. The summed E-state index contributed by atoms with van der Waals surface area (Å²) >= 11 is 7.53. The summed E-state index contributed by atoms with van der Waals surface area (Å²) in [5, 5.41) is 2.68. The summed E-state index contributed by atoms with van der Waals surface area (Å²) in [6, 6.07) is 13.1. The van der Waals surface area contributed by atoms with E-state index in [0.29, 0.717) is 4.83 Å². The Hall–Kier alpha value is -0.340. The van der Waals surface area contributed by atoms with Crippen molar-refractivity contribution in [1.29, 1.82) is 0 Å². The monoisotopic (exact) mass is 352 g/mol. The van der Waals surface area contributed by atoms with E-state index < -0.39 is 0 Å². The minimum atomic E-state index is 0.509. The van der Waals surface area contributed by atoms with Gasteiger partial charge in [0.05, 0.1) is 0 Å². The summed E-state index contributed by atoms with van der Waals surface area (Å²) in [4.78, 5) is 0.509. The molecule has 0 spiro atoms. The summed E-state index contributed by atoms with van der Waals surface area (Å²) in [5.41, 5.74) is 1.44. The van der Waals surface area contributed by atoms with Crippen molar-refractivity contribution >= 4 is 42.6 Å². The third-order valence-electron chi connectivity index (χ3n) is 3.77. The van der Waals surface area contributed by atoms with Crippen LogP contribution in [0.25, 0.3) is 10.8 Å². The van der Waals surface area contributed by atoms with Crippen LogP contribution in [0.3, 0.4) is 0 Å². The highest BCUT2D eigenvalue weighted by Gasteiger charge is 2.27. The van der Waals surface area contributed by atoms with E-state index in [1.54, 1.807) is 0 Å². The molecule has 17 heavy (non-hydrogen) atoms. The van der Waals surface area contributed by atoms with E-state index in [9.17, 15) is 0 Å². The summed E-state index contributed by atoms with van der Waals surface area (Å²) in [6.45, 7) is 0. The molecule has 1 atom stereocenters. The van der Waals surface area contributed by atoms with Gasteiger partial charge in [-0.2, -0.15) is 0 Å². The molecular formula is C15H14Br2. The molecule has 0 bridgehead atoms. The van der Waals surface area contributed by atoms with Crippen LogP contribution in [-0.2, 0) is 0 Å². The van der Waals surface area contributed by atoms with Gasteiger partial charge in [-0.1, -0.05) is 68.6 Å². The average molecular weight is 354 g/mol. The molecule has 0 aliphatic heterocycles. The topological polar surface area (TPSA) is 0 Å². The Bertz CT molecular complexity index is 544. The van der Waals surface area contributed by atoms with Crippen molar-refractivity contribution in [2.24, 2.45) is 5.92 Å². The predicted molar refractivity (Wildman–Crippen MR) is 80.7 cm³/mol. The second-order valence-electron chi connectivity index (χ2n) is 4.77. The third-order valence-corrected chi connectivity index (χ3v) is 5.70. The van der Waals surface area contributed by atoms with E-state index >= 15 is 0 Å². The smallest absolute Gasteiger partial charge is 0.0429 e. The van der Waals surface area contributed by atoms with Gasteiger partial charge >= 0.3 is 0 Å². The molecule has 88 valence electrons. The number of fused-ring (bicyclic) bond motifs is 1. The normalized spacial score (nSPS) is 18.0. The number of rotatable bonds is 2. The lowest BCUT2D eigenvalue weighted by Gasteiger charge is -2.31. The van der Waals surface area contributed by atoms with Gasteiger partial charge in [-0.15, -0.1) is 0 Å². The number of alkyl halides is 1. The van der Waals surface area contributed by atoms with Crippen molar-refractivity contribution in [3.05, 3.63) is 46.4 Å². The minimum Gasteiger partial charge on any atom is -0.0836 e. The lowest BCUT2D eigenvalue weighted by Crippen LogP contribution is -2.16. The van der Waals surface area contributed by atoms with E-state index in [0.717, 1.165) is 5.92 Å². The summed E-state index contributed by atoms with van der Waals surface area (Å²) in [7, 11) is 0. The first-order valence-corrected chi connectivity index (χ1v) is 7.79. The zero-order valence-electron chi connectivity index (χ0n) is 9.50. The molecule has 1 aliphatic rings. The SMILES string of the molecule is Brc1ccc(C(Br)C2CCC2)c2ccccc12. The van der Waals surface area contributed by atoms with E-state index in [4.69, 9.17) is 0 Å². The van der Waals surface area contributed by atoms with E-state index in [-0.39, 0.29) is 0 Å². The molecule has 0 N–H and O–H groups in total. The molecule has 1 fully saturated rings. The Balaban J connectivity index is 2.12. The number of hydrogen-bond acceptors (Lipinski definition) is 0. The molecule has 2 aromatic carbocycles. The Labute approximate surface area is 119 Å². The van der Waals surface area contributed by atoms with Gasteiger partial charge in [0.1, 0.15) is 0 Å². The summed E-state index contributed by atoms with van der Waals surface area (Å²) in [5.74, 6) is 0.819. The average Bonchev–Trinajstić information content (AvgIpc) is 2.27. The second-order valence-corrected chi connectivity index (χ2v) is 6.62. The van der Waals surface area contributed by atoms with Crippen LogP contribution in [0, 0.1) is 5.92 Å². The van der Waals surface area contributed by atoms with Crippen LogP contribution in [0.2, 0.25) is 0 Å². The van der Waals surface area contributed by atoms with Gasteiger partial charge in [-0.25, -0.2) is 0 Å². The van der Waals surface area contributed by atoms with Gasteiger partial charge in [0.15, 0.2) is 0 Å². The first kappa shape index (κ1) is 11.7. The molecule has 0 nitrogen and oxygen atoms in total. The van der Waals surface area contributed by atoms with Crippen molar-refractivity contribution in [1.82, 2.24) is 0 Å². The van der Waals surface area contributed by atoms with Crippen molar-refractivity contribution in [2.75, 3.05) is 0 Å². The summed E-state index contributed by atoms with van der Waals surface area (Å²) in [6.07, 6.45) is 4.11. The molecular weight excluding hydrogens is 340 g/mol. The van der Waals surface area contributed by atoms with Crippen LogP contribution in [0.4, 0.5) is 0 Å². The lowest BCUT2D eigenvalue weighted by molar-refractivity contribution is 0.313. The van der Waals surface area contributed by atoms with E-state index in [2.05, 4.69) is 68.3 Å². The predicted octanol–water partition coefficient (Wildman–Crippen LogP) is 5.84. The Morgan fingerprint density at radius 2 is 1.71 bits per heavy atom. The minimum absolute atomic E-state index is 0.509. The maximum atomic E-state index is 3.89. The van der Waals surface area contributed by atoms with Crippen LogP contribution < -0.4 is 0 Å². The molecule has 0 aromatic heterocycles. The van der Waals surface area contributed by atoms with Crippen molar-refractivity contribution in [3.63, 3.8) is 0 Å². The fraction of sp³-hybridized carbons (Fsp3) is 0.333. The van der Waals surface area contributed by atoms with E-state index in [1.807, 2.05) is 0 Å². The third kappa shape index (κ3) is 2.06. The number of halogens is 2. The second kappa shape index (κ2) is 4.74. The van der Waals surface area contributed by atoms with Gasteiger partial charge in [0.2, 0.25) is 0 Å². The highest BCUT2D eigenvalue weighted by molar-refractivity contribution is 9.10. The molecule has 0 radical (unpaired) electrons. The largest absolute Gasteiger partial charge is 0.0836 e. The molecule has 3 rings (SSSR count). The zero-order chi connectivity index (χ0) is 11.8. The quantitative estimate of drug-likeness (QED) is 0.595. The van der Waals surface area contributed by atoms with Crippen LogP contribution in [-0.4, -0.2) is 0 Å². The Morgan fingerprint density at radius 3 is 2.35 bits per heavy atom. The standard InChI is InChI=1S/C15H14Br2/c16-14-9-8-13(15(17)10-4-3-5-10)11-6-1-2-7-12(11)14/h1-2,6-10,15H,3-5H2. The van der Waals surface area contributed by atoms with Crippen LogP contribution in [0.15, 0.2) is 40.9 Å². The van der Waals surface area contributed by atoms with Crippen molar-refractivity contribution < 1.29 is 0 Å². The molecule has 2 heteroatoms. The maximum absolute atomic E-state index is 3.89. The number of benzene rings is 2. The number of hydrogen-bond donors (Lipinski definition) is 0. The molecule has 2 aromatic rings. The molecule has 1 aliphatic carbocycles. The molecule has 0 saturated heterocycles. The van der Waals surface area contributed by atoms with Crippen LogP contribution >= 0.6 is 31.9 Å². The Kier molecular flexibility index (Phi) is 3.27.